The van der Waals surface area contributed by atoms with Crippen molar-refractivity contribution in [1.29, 1.82) is 0 Å². The maximum atomic E-state index is 11.3. The first-order chi connectivity index (χ1) is 9.13. The number of hydrogen-bond acceptors (Lipinski definition) is 1. The topological polar surface area (TPSA) is 29.4 Å². The second-order valence-electron chi connectivity index (χ2n) is 4.39. The smallest absolute Gasteiger partial charge is 1.00 e. The second-order valence-corrected chi connectivity index (χ2v) is 6.51. The maximum absolute atomic E-state index is 11.3. The van der Waals surface area contributed by atoms with Crippen LogP contribution in [-0.4, -0.2) is 14.5 Å². The molecular formula is C16H20Cl2NOSiTi. The molecule has 0 bridgehead atoms. The minimum atomic E-state index is -0.805. The van der Waals surface area contributed by atoms with E-state index < -0.39 is 8.59 Å². The van der Waals surface area contributed by atoms with Crippen LogP contribution in [0.3, 0.4) is 0 Å². The fraction of sp³-hybridized carbons (Fsp3) is 0.312. The van der Waals surface area contributed by atoms with E-state index in [2.05, 4.69) is 29.8 Å². The summed E-state index contributed by atoms with van der Waals surface area (Å²) in [5, 5.41) is 0. The summed E-state index contributed by atoms with van der Waals surface area (Å²) in [4.78, 5) is 11.3. The van der Waals surface area contributed by atoms with Gasteiger partial charge in [-0.2, -0.15) is 6.08 Å². The number of allylic oxidation sites excluding steroid dienone is 4. The van der Waals surface area contributed by atoms with E-state index >= 15 is 0 Å². The maximum Gasteiger partial charge on any atom is 3.00 e. The Morgan fingerprint density at radius 2 is 1.82 bits per heavy atom. The van der Waals surface area contributed by atoms with Crippen molar-refractivity contribution in [1.82, 2.24) is 0 Å². The largest absolute Gasteiger partial charge is 3.00 e. The van der Waals surface area contributed by atoms with Gasteiger partial charge < -0.3 is 24.8 Å². The van der Waals surface area contributed by atoms with Crippen LogP contribution in [0.2, 0.25) is 13.1 Å². The van der Waals surface area contributed by atoms with Crippen molar-refractivity contribution >= 4 is 14.5 Å². The molecule has 0 fully saturated rings. The van der Waals surface area contributed by atoms with Crippen LogP contribution >= 0.6 is 0 Å². The van der Waals surface area contributed by atoms with E-state index in [4.69, 9.17) is 0 Å². The van der Waals surface area contributed by atoms with E-state index in [1.54, 1.807) is 12.1 Å². The molecule has 22 heavy (non-hydrogen) atoms. The zero-order valence-corrected chi connectivity index (χ0v) is 17.1. The molecule has 0 atom stereocenters. The van der Waals surface area contributed by atoms with Crippen LogP contribution in [-0.2, 0) is 21.7 Å². The van der Waals surface area contributed by atoms with Crippen LogP contribution in [0.4, 0.5) is 0 Å². The van der Waals surface area contributed by atoms with Crippen molar-refractivity contribution < 1.29 is 51.3 Å². The summed E-state index contributed by atoms with van der Waals surface area (Å²) < 4.78 is 4.01. The third kappa shape index (κ3) is 11.3. The number of amides is 1. The van der Waals surface area contributed by atoms with Gasteiger partial charge in [-0.25, -0.2) is 11.6 Å². The summed E-state index contributed by atoms with van der Waals surface area (Å²) in [7, 11) is -0.805. The third-order valence-corrected chi connectivity index (χ3v) is 3.14. The summed E-state index contributed by atoms with van der Waals surface area (Å²) in [6.45, 7) is 6.13. The molecule has 0 aliphatic heterocycles. The average Bonchev–Trinajstić information content (AvgIpc) is 2.93. The molecule has 1 aliphatic carbocycles. The van der Waals surface area contributed by atoms with Gasteiger partial charge in [0.25, 0.3) is 5.91 Å². The van der Waals surface area contributed by atoms with Crippen molar-refractivity contribution in [2.75, 3.05) is 0 Å². The van der Waals surface area contributed by atoms with Gasteiger partial charge >= 0.3 is 21.7 Å². The first-order valence-corrected chi connectivity index (χ1v) is 8.95. The second kappa shape index (κ2) is 15.6. The van der Waals surface area contributed by atoms with Crippen LogP contribution < -0.4 is 24.8 Å². The number of hydrogen-bond donors (Lipinski definition) is 0. The summed E-state index contributed by atoms with van der Waals surface area (Å²) in [6.07, 6.45) is 9.65. The summed E-state index contributed by atoms with van der Waals surface area (Å²) in [5.41, 5.74) is 2.05. The molecular weight excluding hydrogens is 369 g/mol. The SMILES string of the molecule is CCC1=[C-]CC=C1.C[Si](C)=NC(=O)c1ccccc1.[Cl-].[Cl-].[Ti+3]. The molecule has 2 nitrogen and oxygen atoms in total. The molecule has 1 aromatic carbocycles. The van der Waals surface area contributed by atoms with Gasteiger partial charge in [0.05, 0.1) is 0 Å². The van der Waals surface area contributed by atoms with Crippen LogP contribution in [0.25, 0.3) is 0 Å². The van der Waals surface area contributed by atoms with Crippen LogP contribution in [0, 0.1) is 6.08 Å². The monoisotopic (exact) mass is 388 g/mol. The third-order valence-electron chi connectivity index (χ3n) is 2.49. The number of rotatable bonds is 2. The first-order valence-electron chi connectivity index (χ1n) is 6.51. The summed E-state index contributed by atoms with van der Waals surface area (Å²) >= 11 is 0. The van der Waals surface area contributed by atoms with Crippen molar-refractivity contribution in [3.63, 3.8) is 0 Å². The van der Waals surface area contributed by atoms with Crippen molar-refractivity contribution in [3.05, 3.63) is 59.7 Å². The van der Waals surface area contributed by atoms with Gasteiger partial charge in [0.15, 0.2) is 0 Å². The van der Waals surface area contributed by atoms with Gasteiger partial charge in [0.1, 0.15) is 8.59 Å². The van der Waals surface area contributed by atoms with Gasteiger partial charge in [0.2, 0.25) is 0 Å². The Morgan fingerprint density at radius 3 is 2.18 bits per heavy atom. The molecule has 6 heteroatoms. The van der Waals surface area contributed by atoms with E-state index in [-0.39, 0.29) is 52.4 Å². The fourth-order valence-corrected chi connectivity index (χ4v) is 2.08. The van der Waals surface area contributed by atoms with Gasteiger partial charge in [-0.15, -0.1) is 6.42 Å². The summed E-state index contributed by atoms with van der Waals surface area (Å²) in [5.74, 6) is -0.0884. The number of nitrogens with zero attached hydrogens (tertiary/aromatic N) is 1. The molecule has 0 saturated heterocycles. The average molecular weight is 389 g/mol. The molecule has 0 spiro atoms. The van der Waals surface area contributed by atoms with Gasteiger partial charge in [-0.3, -0.25) is 15.5 Å². The van der Waals surface area contributed by atoms with E-state index in [9.17, 15) is 4.79 Å². The number of carbonyl (C=O) groups excluding carboxylic acids is 1. The van der Waals surface area contributed by atoms with Gasteiger partial charge in [-0.05, 0) is 25.2 Å². The quantitative estimate of drug-likeness (QED) is 0.445. The molecule has 1 radical (unpaired) electrons. The zero-order chi connectivity index (χ0) is 14.1. The van der Waals surface area contributed by atoms with E-state index in [0.717, 1.165) is 12.8 Å². The standard InChI is InChI=1S/C9H11NOSi.C7H9.2ClH.Ti/c1-12(2)10-9(11)8-6-4-3-5-7-8;1-2-7-5-3-4-6-7;;;/h3-7H,1-2H3;3,5H,2,4H2,1H3;2*1H;/q;-1;;;+3/p-2. The fourth-order valence-electron chi connectivity index (χ4n) is 1.54. The van der Waals surface area contributed by atoms with Crippen LogP contribution in [0.15, 0.2) is 52.7 Å². The first kappa shape index (κ1) is 26.6. The number of carbonyl (C=O) groups is 1. The van der Waals surface area contributed by atoms with E-state index in [0.29, 0.717) is 5.56 Å². The Balaban J connectivity index is -0.000000317. The molecule has 0 heterocycles. The van der Waals surface area contributed by atoms with Crippen LogP contribution in [0.1, 0.15) is 30.1 Å². The van der Waals surface area contributed by atoms with Crippen molar-refractivity contribution in [3.8, 4) is 0 Å². The van der Waals surface area contributed by atoms with Crippen molar-refractivity contribution in [2.45, 2.75) is 32.9 Å². The molecule has 1 amide bonds. The molecule has 0 N–H and O–H groups in total. The Labute approximate surface area is 162 Å². The molecule has 117 valence electrons. The van der Waals surface area contributed by atoms with E-state index in [1.165, 1.54) is 5.57 Å². The zero-order valence-electron chi connectivity index (χ0n) is 13.1. The molecule has 0 aromatic heterocycles. The molecule has 0 saturated carbocycles. The van der Waals surface area contributed by atoms with Gasteiger partial charge in [-0.1, -0.05) is 31.5 Å². The molecule has 2 rings (SSSR count). The summed E-state index contributed by atoms with van der Waals surface area (Å²) in [6, 6.07) is 9.16. The van der Waals surface area contributed by atoms with Gasteiger partial charge in [0, 0.05) is 5.56 Å². The predicted octanol–water partition coefficient (Wildman–Crippen LogP) is -1.56. The van der Waals surface area contributed by atoms with Crippen LogP contribution in [0.5, 0.6) is 0 Å². The Morgan fingerprint density at radius 1 is 1.23 bits per heavy atom. The minimum absolute atomic E-state index is 0. The Bertz CT molecular complexity index is 512. The molecule has 0 unspecified atom stereocenters. The minimum Gasteiger partial charge on any atom is -1.00 e. The predicted molar refractivity (Wildman–Crippen MR) is 81.5 cm³/mol. The number of halogens is 2. The van der Waals surface area contributed by atoms with E-state index in [1.807, 2.05) is 31.3 Å². The Kier molecular flexibility index (Phi) is 18.8. The molecule has 1 aliphatic rings. The molecule has 1 aromatic rings. The Hall–Kier alpha value is -0.319. The normalized spacial score (nSPS) is 10.6. The number of benzene rings is 1. The van der Waals surface area contributed by atoms with Crippen molar-refractivity contribution in [2.24, 2.45) is 4.63 Å².